The highest BCUT2D eigenvalue weighted by atomic mass is 16.2. The van der Waals surface area contributed by atoms with Crippen molar-refractivity contribution in [1.29, 1.82) is 0 Å². The molecule has 8 heteroatoms. The molecule has 3 rings (SSSR count). The summed E-state index contributed by atoms with van der Waals surface area (Å²) in [5.41, 5.74) is 2.19. The molecule has 31 heavy (non-hydrogen) atoms. The van der Waals surface area contributed by atoms with E-state index in [1.807, 2.05) is 36.2 Å². The van der Waals surface area contributed by atoms with Crippen molar-refractivity contribution >= 4 is 17.4 Å². The topological polar surface area (TPSA) is 102 Å². The highest BCUT2D eigenvalue weighted by Gasteiger charge is 2.23. The summed E-state index contributed by atoms with van der Waals surface area (Å²) in [7, 11) is 1.82. The summed E-state index contributed by atoms with van der Waals surface area (Å²) in [6, 6.07) is 6.10. The predicted molar refractivity (Wildman–Crippen MR) is 125 cm³/mol. The number of aromatic nitrogens is 2. The molecule has 0 saturated carbocycles. The van der Waals surface area contributed by atoms with Gasteiger partial charge in [-0.3, -0.25) is 9.59 Å². The van der Waals surface area contributed by atoms with Crippen LogP contribution in [-0.4, -0.2) is 59.5 Å². The third-order valence-corrected chi connectivity index (χ3v) is 5.25. The minimum Gasteiger partial charge on any atom is -0.376 e. The Hall–Kier alpha value is -3.13. The number of H-pyrrole nitrogens is 1. The third-order valence-electron chi connectivity index (χ3n) is 5.25. The van der Waals surface area contributed by atoms with Crippen LogP contribution < -0.4 is 21.5 Å². The lowest BCUT2D eigenvalue weighted by Crippen LogP contribution is -2.45. The lowest BCUT2D eigenvalue weighted by Gasteiger charge is -2.33. The van der Waals surface area contributed by atoms with Crippen molar-refractivity contribution in [1.82, 2.24) is 20.2 Å². The Morgan fingerprint density at radius 3 is 2.97 bits per heavy atom. The van der Waals surface area contributed by atoms with Crippen molar-refractivity contribution < 1.29 is 4.79 Å². The number of aromatic amines is 1. The Morgan fingerprint density at radius 1 is 1.35 bits per heavy atom. The van der Waals surface area contributed by atoms with E-state index in [2.05, 4.69) is 39.8 Å². The zero-order chi connectivity index (χ0) is 22.2. The Bertz CT molecular complexity index is 969. The fourth-order valence-electron chi connectivity index (χ4n) is 3.59. The average Bonchev–Trinajstić information content (AvgIpc) is 2.78. The van der Waals surface area contributed by atoms with Gasteiger partial charge in [0.15, 0.2) is 0 Å². The van der Waals surface area contributed by atoms with Gasteiger partial charge in [-0.25, -0.2) is 4.98 Å². The highest BCUT2D eigenvalue weighted by molar-refractivity contribution is 5.87. The van der Waals surface area contributed by atoms with Crippen molar-refractivity contribution in [2.45, 2.75) is 38.8 Å². The first-order valence-corrected chi connectivity index (χ1v) is 10.8. The molecule has 0 unspecified atom stereocenters. The number of nitrogens with one attached hydrogen (secondary N) is 4. The number of rotatable bonds is 8. The summed E-state index contributed by atoms with van der Waals surface area (Å²) in [4.78, 5) is 33.8. The van der Waals surface area contributed by atoms with Crippen molar-refractivity contribution in [2.24, 2.45) is 0 Å². The van der Waals surface area contributed by atoms with Gasteiger partial charge in [0.2, 0.25) is 5.91 Å². The van der Waals surface area contributed by atoms with Crippen molar-refractivity contribution in [3.05, 3.63) is 53.1 Å². The minimum absolute atomic E-state index is 0.0103. The number of piperidine rings is 1. The maximum Gasteiger partial charge on any atom is 0.271 e. The van der Waals surface area contributed by atoms with Crippen LogP contribution in [-0.2, 0) is 4.79 Å². The van der Waals surface area contributed by atoms with Gasteiger partial charge < -0.3 is 25.8 Å². The summed E-state index contributed by atoms with van der Waals surface area (Å²) in [5.74, 6) is 0.771. The molecule has 1 atom stereocenters. The smallest absolute Gasteiger partial charge is 0.271 e. The summed E-state index contributed by atoms with van der Waals surface area (Å²) in [6.07, 6.45) is 8.74. The van der Waals surface area contributed by atoms with E-state index in [0.29, 0.717) is 24.8 Å². The van der Waals surface area contributed by atoms with Crippen LogP contribution in [0.2, 0.25) is 0 Å². The molecule has 4 N–H and O–H groups in total. The molecule has 2 aromatic heterocycles. The number of nitrogens with zero attached hydrogens (tertiary/aromatic N) is 2. The monoisotopic (exact) mass is 424 g/mol. The normalized spacial score (nSPS) is 16.6. The molecule has 1 saturated heterocycles. The minimum atomic E-state index is -0.172. The molecule has 1 amide bonds. The molecule has 166 valence electrons. The summed E-state index contributed by atoms with van der Waals surface area (Å²) in [6.45, 7) is 6.12. The molecule has 1 fully saturated rings. The van der Waals surface area contributed by atoms with E-state index >= 15 is 0 Å². The number of amides is 1. The van der Waals surface area contributed by atoms with Crippen molar-refractivity contribution in [3.63, 3.8) is 0 Å². The van der Waals surface area contributed by atoms with Crippen LogP contribution in [0.25, 0.3) is 11.1 Å². The van der Waals surface area contributed by atoms with E-state index in [1.165, 1.54) is 0 Å². The zero-order valence-corrected chi connectivity index (χ0v) is 18.4. The first-order chi connectivity index (χ1) is 15.0. The van der Waals surface area contributed by atoms with Gasteiger partial charge in [0.05, 0.1) is 0 Å². The molecule has 1 aliphatic rings. The van der Waals surface area contributed by atoms with Gasteiger partial charge in [-0.1, -0.05) is 19.9 Å². The molecule has 1 aliphatic heterocycles. The average molecular weight is 425 g/mol. The van der Waals surface area contributed by atoms with Gasteiger partial charge in [-0.15, -0.1) is 0 Å². The largest absolute Gasteiger partial charge is 0.376 e. The van der Waals surface area contributed by atoms with Gasteiger partial charge in [0.25, 0.3) is 5.56 Å². The number of hydrogen-bond donors (Lipinski definition) is 4. The lowest BCUT2D eigenvalue weighted by molar-refractivity contribution is -0.127. The second-order valence-electron chi connectivity index (χ2n) is 8.04. The second-order valence-corrected chi connectivity index (χ2v) is 8.04. The fourth-order valence-corrected chi connectivity index (χ4v) is 3.59. The molecule has 0 radical (unpaired) electrons. The zero-order valence-electron chi connectivity index (χ0n) is 18.4. The Morgan fingerprint density at radius 2 is 2.19 bits per heavy atom. The van der Waals surface area contributed by atoms with Gasteiger partial charge >= 0.3 is 0 Å². The van der Waals surface area contributed by atoms with Gasteiger partial charge in [0.1, 0.15) is 11.5 Å². The van der Waals surface area contributed by atoms with Crippen LogP contribution in [0.3, 0.4) is 0 Å². The standard InChI is InChI=1S/C23H32N6O2/c1-16(2)25-9-4-7-22(30)29-11-5-6-19(15-29)28-20-12-18(14-27-23(20)31)17-8-10-26-21(13-17)24-3/h4,7-8,10,12-14,16,19,25,28H,5-6,9,11,15H2,1-3H3,(H,24,26)(H,27,31)/b7-4+/t19-/m0/s1. The van der Waals surface area contributed by atoms with Crippen molar-refractivity contribution in [2.75, 3.05) is 37.3 Å². The van der Waals surface area contributed by atoms with E-state index in [4.69, 9.17) is 0 Å². The molecule has 0 bridgehead atoms. The number of carbonyl (C=O) groups is 1. The van der Waals surface area contributed by atoms with Crippen molar-refractivity contribution in [3.8, 4) is 11.1 Å². The number of likely N-dealkylation sites (tertiary alicyclic amines) is 1. The Labute approximate surface area is 183 Å². The summed E-state index contributed by atoms with van der Waals surface area (Å²) in [5, 5.41) is 9.63. The van der Waals surface area contributed by atoms with Gasteiger partial charge in [0, 0.05) is 62.8 Å². The Kier molecular flexibility index (Phi) is 7.83. The van der Waals surface area contributed by atoms with Crippen LogP contribution in [0.1, 0.15) is 26.7 Å². The van der Waals surface area contributed by atoms with Crippen LogP contribution >= 0.6 is 0 Å². The molecule has 2 aromatic rings. The van der Waals surface area contributed by atoms with Crippen LogP contribution in [0.5, 0.6) is 0 Å². The maximum atomic E-state index is 12.5. The van der Waals surface area contributed by atoms with E-state index in [1.54, 1.807) is 18.5 Å². The fraction of sp³-hybridized carbons (Fsp3) is 0.435. The first-order valence-electron chi connectivity index (χ1n) is 10.8. The summed E-state index contributed by atoms with van der Waals surface area (Å²) < 4.78 is 0. The van der Waals surface area contributed by atoms with Crippen LogP contribution in [0, 0.1) is 0 Å². The number of carbonyl (C=O) groups excluding carboxylic acids is 1. The predicted octanol–water partition coefficient (Wildman–Crippen LogP) is 2.44. The molecule has 8 nitrogen and oxygen atoms in total. The van der Waals surface area contributed by atoms with Crippen LogP contribution in [0.15, 0.2) is 47.5 Å². The van der Waals surface area contributed by atoms with Gasteiger partial charge in [-0.2, -0.15) is 0 Å². The Balaban J connectivity index is 1.66. The molecular weight excluding hydrogens is 392 g/mol. The first kappa shape index (κ1) is 22.6. The SMILES string of the molecule is CNc1cc(-c2c[nH]c(=O)c(N[C@H]3CCCN(C(=O)/C=C/CNC(C)C)C3)c2)ccn1. The number of hydrogen-bond acceptors (Lipinski definition) is 6. The third kappa shape index (κ3) is 6.42. The quantitative estimate of drug-likeness (QED) is 0.486. The molecule has 0 aliphatic carbocycles. The number of anilines is 2. The lowest BCUT2D eigenvalue weighted by atomic mass is 10.0. The van der Waals surface area contributed by atoms with E-state index in [9.17, 15) is 9.59 Å². The molecule has 0 spiro atoms. The van der Waals surface area contributed by atoms with Gasteiger partial charge in [-0.05, 0) is 36.6 Å². The van der Waals surface area contributed by atoms with E-state index in [-0.39, 0.29) is 17.5 Å². The molecule has 0 aromatic carbocycles. The molecular formula is C23H32N6O2. The van der Waals surface area contributed by atoms with E-state index in [0.717, 1.165) is 36.3 Å². The summed E-state index contributed by atoms with van der Waals surface area (Å²) >= 11 is 0. The van der Waals surface area contributed by atoms with E-state index < -0.39 is 0 Å². The number of pyridine rings is 2. The maximum absolute atomic E-state index is 12.5. The second kappa shape index (κ2) is 10.8. The van der Waals surface area contributed by atoms with Crippen LogP contribution in [0.4, 0.5) is 11.5 Å². The highest BCUT2D eigenvalue weighted by Crippen LogP contribution is 2.22. The molecule has 3 heterocycles.